The van der Waals surface area contributed by atoms with Gasteiger partial charge in [0.25, 0.3) is 0 Å². The van der Waals surface area contributed by atoms with Crippen LogP contribution in [0.25, 0.3) is 0 Å². The van der Waals surface area contributed by atoms with Crippen molar-refractivity contribution in [3.05, 3.63) is 64.7 Å². The first-order valence-electron chi connectivity index (χ1n) is 6.92. The Morgan fingerprint density at radius 2 is 1.91 bits per heavy atom. The van der Waals surface area contributed by atoms with Gasteiger partial charge in [0.2, 0.25) is 0 Å². The normalized spacial score (nSPS) is 17.5. The molecule has 6 nitrogen and oxygen atoms in total. The van der Waals surface area contributed by atoms with Crippen molar-refractivity contribution in [3.63, 3.8) is 0 Å². The number of nitro benzene ring substituents is 1. The van der Waals surface area contributed by atoms with E-state index in [9.17, 15) is 10.1 Å². The molecule has 1 heterocycles. The Morgan fingerprint density at radius 3 is 2.68 bits per heavy atom. The third kappa shape index (κ3) is 3.27. The molecule has 0 N–H and O–H groups in total. The van der Waals surface area contributed by atoms with Crippen molar-refractivity contribution < 1.29 is 19.0 Å². The fourth-order valence-electron chi connectivity index (χ4n) is 2.23. The number of nitrogens with zero attached hydrogens (tertiary/aromatic N) is 1. The van der Waals surface area contributed by atoms with Crippen molar-refractivity contribution in [2.45, 2.75) is 6.10 Å². The molecule has 1 unspecified atom stereocenters. The van der Waals surface area contributed by atoms with Crippen LogP contribution in [0.15, 0.2) is 54.6 Å². The molecule has 0 amide bonds. The van der Waals surface area contributed by atoms with E-state index in [2.05, 4.69) is 0 Å². The van der Waals surface area contributed by atoms with Gasteiger partial charge < -0.3 is 14.0 Å². The van der Waals surface area contributed by atoms with Crippen LogP contribution in [0.2, 0.25) is 0 Å². The second-order valence-corrected chi connectivity index (χ2v) is 4.87. The maximum atomic E-state index is 10.9. The van der Waals surface area contributed by atoms with E-state index < -0.39 is 12.0 Å². The summed E-state index contributed by atoms with van der Waals surface area (Å²) in [7, 11) is -0.416. The van der Waals surface area contributed by atoms with E-state index in [1.54, 1.807) is 18.2 Å². The van der Waals surface area contributed by atoms with Crippen LogP contribution in [0, 0.1) is 10.1 Å². The molecular formula is C15H14BNO5. The van der Waals surface area contributed by atoms with Crippen LogP contribution in [-0.2, 0) is 9.31 Å². The molecule has 22 heavy (non-hydrogen) atoms. The lowest BCUT2D eigenvalue weighted by Crippen LogP contribution is -2.33. The van der Waals surface area contributed by atoms with Crippen LogP contribution in [0.3, 0.4) is 0 Å². The minimum atomic E-state index is -0.464. The Balaban J connectivity index is 1.59. The second-order valence-electron chi connectivity index (χ2n) is 4.87. The number of benzene rings is 2. The minimum absolute atomic E-state index is 0.0546. The number of hydrogen-bond acceptors (Lipinski definition) is 5. The summed E-state index contributed by atoms with van der Waals surface area (Å²) in [5.74, 6) is 0.235. The van der Waals surface area contributed by atoms with Crippen LogP contribution in [0.4, 0.5) is 5.69 Å². The molecule has 0 aromatic heterocycles. The van der Waals surface area contributed by atoms with E-state index in [1.807, 2.05) is 30.3 Å². The van der Waals surface area contributed by atoms with Gasteiger partial charge in [-0.2, -0.15) is 0 Å². The van der Waals surface area contributed by atoms with Crippen LogP contribution in [0.5, 0.6) is 5.75 Å². The predicted octanol–water partition coefficient (Wildman–Crippen LogP) is 1.78. The number of ether oxygens (including phenoxy) is 1. The Bertz CT molecular complexity index is 651. The zero-order valence-corrected chi connectivity index (χ0v) is 11.8. The van der Waals surface area contributed by atoms with Gasteiger partial charge >= 0.3 is 12.8 Å². The third-order valence-corrected chi connectivity index (χ3v) is 3.31. The van der Waals surface area contributed by atoms with Gasteiger partial charge in [0.1, 0.15) is 6.61 Å². The van der Waals surface area contributed by atoms with Gasteiger partial charge in [-0.15, -0.1) is 0 Å². The maximum absolute atomic E-state index is 10.9. The lowest BCUT2D eigenvalue weighted by atomic mass is 9.79. The highest BCUT2D eigenvalue weighted by atomic mass is 16.7. The Kier molecular flexibility index (Phi) is 4.36. The molecule has 0 saturated carbocycles. The fraction of sp³-hybridized carbons (Fsp3) is 0.200. The van der Waals surface area contributed by atoms with Crippen molar-refractivity contribution in [1.82, 2.24) is 0 Å². The Labute approximate surface area is 127 Å². The first-order valence-corrected chi connectivity index (χ1v) is 6.92. The van der Waals surface area contributed by atoms with E-state index >= 15 is 0 Å². The molecule has 7 heteroatoms. The average molecular weight is 299 g/mol. The summed E-state index contributed by atoms with van der Waals surface area (Å²) in [4.78, 5) is 10.5. The highest BCUT2D eigenvalue weighted by Gasteiger charge is 2.33. The zero-order chi connectivity index (χ0) is 15.4. The van der Waals surface area contributed by atoms with E-state index in [1.165, 1.54) is 6.07 Å². The minimum Gasteiger partial charge on any atom is -0.484 e. The van der Waals surface area contributed by atoms with E-state index in [0.717, 1.165) is 5.46 Å². The molecule has 1 fully saturated rings. The van der Waals surface area contributed by atoms with Crippen LogP contribution < -0.4 is 10.2 Å². The third-order valence-electron chi connectivity index (χ3n) is 3.31. The molecular weight excluding hydrogens is 285 g/mol. The lowest BCUT2D eigenvalue weighted by molar-refractivity contribution is -0.385. The number of nitro groups is 1. The van der Waals surface area contributed by atoms with Crippen molar-refractivity contribution in [3.8, 4) is 5.75 Å². The molecule has 1 aliphatic heterocycles. The Morgan fingerprint density at radius 1 is 1.18 bits per heavy atom. The number of hydrogen-bond donors (Lipinski definition) is 0. The van der Waals surface area contributed by atoms with Crippen molar-refractivity contribution >= 4 is 18.3 Å². The summed E-state index contributed by atoms with van der Waals surface area (Å²) in [5.41, 5.74) is 0.886. The zero-order valence-electron chi connectivity index (χ0n) is 11.8. The summed E-state index contributed by atoms with van der Waals surface area (Å²) in [5, 5.41) is 10.9. The van der Waals surface area contributed by atoms with Crippen LogP contribution in [0.1, 0.15) is 0 Å². The quantitative estimate of drug-likeness (QED) is 0.478. The topological polar surface area (TPSA) is 70.8 Å². The SMILES string of the molecule is O=[N+]([O-])c1ccccc1OCC1COB(c2ccccc2)O1. The van der Waals surface area contributed by atoms with E-state index in [4.69, 9.17) is 14.0 Å². The fourth-order valence-corrected chi connectivity index (χ4v) is 2.23. The molecule has 1 aliphatic rings. The number of para-hydroxylation sites is 2. The summed E-state index contributed by atoms with van der Waals surface area (Å²) < 4.78 is 16.9. The first kappa shape index (κ1) is 14.6. The Hall–Kier alpha value is -2.38. The molecule has 1 atom stereocenters. The largest absolute Gasteiger partial charge is 0.494 e. The van der Waals surface area contributed by atoms with Gasteiger partial charge in [0.05, 0.1) is 17.6 Å². The van der Waals surface area contributed by atoms with Gasteiger partial charge in [0, 0.05) is 6.07 Å². The molecule has 112 valence electrons. The molecule has 2 aromatic rings. The molecule has 0 bridgehead atoms. The summed E-state index contributed by atoms with van der Waals surface area (Å²) in [6.07, 6.45) is -0.259. The molecule has 0 aliphatic carbocycles. The van der Waals surface area contributed by atoms with E-state index in [0.29, 0.717) is 6.61 Å². The monoisotopic (exact) mass is 299 g/mol. The lowest BCUT2D eigenvalue weighted by Gasteiger charge is -2.11. The van der Waals surface area contributed by atoms with Crippen molar-refractivity contribution in [2.75, 3.05) is 13.2 Å². The maximum Gasteiger partial charge on any atom is 0.494 e. The molecule has 3 rings (SSSR count). The van der Waals surface area contributed by atoms with Gasteiger partial charge in [-0.3, -0.25) is 10.1 Å². The first-order chi connectivity index (χ1) is 10.7. The van der Waals surface area contributed by atoms with Crippen molar-refractivity contribution in [1.29, 1.82) is 0 Å². The van der Waals surface area contributed by atoms with Crippen LogP contribution >= 0.6 is 0 Å². The summed E-state index contributed by atoms with van der Waals surface area (Å²) >= 11 is 0. The molecule has 0 radical (unpaired) electrons. The molecule has 2 aromatic carbocycles. The standard InChI is InChI=1S/C15H14BNO5/c18-17(19)14-8-4-5-9-15(14)20-10-13-11-21-16(22-13)12-6-2-1-3-7-12/h1-9,13H,10-11H2. The number of rotatable bonds is 5. The summed E-state index contributed by atoms with van der Waals surface area (Å²) in [6.45, 7) is 0.592. The van der Waals surface area contributed by atoms with E-state index in [-0.39, 0.29) is 24.1 Å². The molecule has 0 spiro atoms. The van der Waals surface area contributed by atoms with Crippen LogP contribution in [-0.4, -0.2) is 31.4 Å². The predicted molar refractivity (Wildman–Crippen MR) is 81.2 cm³/mol. The highest BCUT2D eigenvalue weighted by Crippen LogP contribution is 2.26. The van der Waals surface area contributed by atoms with Gasteiger partial charge in [-0.25, -0.2) is 0 Å². The van der Waals surface area contributed by atoms with Gasteiger partial charge in [0.15, 0.2) is 5.75 Å². The van der Waals surface area contributed by atoms with Crippen molar-refractivity contribution in [2.24, 2.45) is 0 Å². The smallest absolute Gasteiger partial charge is 0.484 e. The highest BCUT2D eigenvalue weighted by molar-refractivity contribution is 6.61. The van der Waals surface area contributed by atoms with Gasteiger partial charge in [-0.05, 0) is 11.5 Å². The van der Waals surface area contributed by atoms with Gasteiger partial charge in [-0.1, -0.05) is 42.5 Å². The summed E-state index contributed by atoms with van der Waals surface area (Å²) in [6, 6.07) is 15.9. The average Bonchev–Trinajstić information content (AvgIpc) is 3.03. The second kappa shape index (κ2) is 6.59. The molecule has 1 saturated heterocycles.